The van der Waals surface area contributed by atoms with Crippen LogP contribution in [0.1, 0.15) is 9.60 Å². The van der Waals surface area contributed by atoms with E-state index in [2.05, 4.69) is 30.3 Å². The number of benzene rings is 7. The van der Waals surface area contributed by atoms with Crippen LogP contribution in [0, 0.1) is 0 Å². The Balaban J connectivity index is 1.47. The summed E-state index contributed by atoms with van der Waals surface area (Å²) in [5, 5.41) is 4.54. The molecule has 0 amide bonds. The molecule has 0 radical (unpaired) electrons. The molecule has 0 aliphatic carbocycles. The molecule has 43 heavy (non-hydrogen) atoms. The van der Waals surface area contributed by atoms with Gasteiger partial charge in [0.2, 0.25) is 5.95 Å². The molecule has 0 atom stereocenters. The van der Waals surface area contributed by atoms with Crippen LogP contribution in [-0.4, -0.2) is 14.5 Å². The van der Waals surface area contributed by atoms with E-state index in [1.165, 1.54) is 0 Å². The Bertz CT molecular complexity index is 2890. The van der Waals surface area contributed by atoms with Crippen molar-refractivity contribution >= 4 is 54.3 Å². The Morgan fingerprint density at radius 3 is 2.16 bits per heavy atom. The molecule has 200 valence electrons. The summed E-state index contributed by atoms with van der Waals surface area (Å²) in [5.74, 6) is 0.300. The van der Waals surface area contributed by atoms with Gasteiger partial charge in [0, 0.05) is 21.7 Å². The van der Waals surface area contributed by atoms with Gasteiger partial charge >= 0.3 is 0 Å². The molecule has 2 aromatic heterocycles. The van der Waals surface area contributed by atoms with E-state index in [-0.39, 0.29) is 28.1 Å². The van der Waals surface area contributed by atoms with Crippen molar-refractivity contribution in [2.45, 2.75) is 0 Å². The zero-order valence-corrected chi connectivity index (χ0v) is 22.7. The number of rotatable bonds is 3. The highest BCUT2D eigenvalue weighted by Crippen LogP contribution is 2.38. The first-order chi connectivity index (χ1) is 24.2. The molecule has 0 aliphatic rings. The lowest BCUT2D eigenvalue weighted by atomic mass is 9.97. The van der Waals surface area contributed by atoms with Crippen molar-refractivity contribution in [3.63, 3.8) is 0 Å². The lowest BCUT2D eigenvalue weighted by Crippen LogP contribution is -2.04. The number of fused-ring (bicyclic) bond motifs is 6. The summed E-state index contributed by atoms with van der Waals surface area (Å²) in [6.07, 6.45) is 0. The Morgan fingerprint density at radius 1 is 0.488 bits per heavy atom. The minimum Gasteiger partial charge on any atom is -0.278 e. The number of hydrogen-bond acceptors (Lipinski definition) is 2. The number of nitrogens with zero attached hydrogens (tertiary/aromatic N) is 3. The van der Waals surface area contributed by atoms with Crippen molar-refractivity contribution in [2.24, 2.45) is 0 Å². The molecule has 0 spiro atoms. The zero-order valence-electron chi connectivity index (χ0n) is 29.7. The third kappa shape index (κ3) is 3.75. The quantitative estimate of drug-likeness (QED) is 0.217. The Kier molecular flexibility index (Phi) is 3.90. The van der Waals surface area contributed by atoms with Gasteiger partial charge in [0.25, 0.3) is 0 Å². The van der Waals surface area contributed by atoms with Gasteiger partial charge in [-0.15, -0.1) is 0 Å². The molecular formula is C40H25N3. The van der Waals surface area contributed by atoms with Crippen LogP contribution in [0.25, 0.3) is 82.6 Å². The summed E-state index contributed by atoms with van der Waals surface area (Å²) in [6.45, 7) is 0. The Labute approximate surface area is 258 Å². The first kappa shape index (κ1) is 17.9. The minimum atomic E-state index is -0.502. The zero-order chi connectivity index (χ0) is 34.4. The van der Waals surface area contributed by atoms with Gasteiger partial charge in [0.15, 0.2) is 0 Å². The van der Waals surface area contributed by atoms with E-state index in [1.54, 1.807) is 0 Å². The maximum absolute atomic E-state index is 9.17. The topological polar surface area (TPSA) is 30.7 Å². The molecule has 9 aromatic rings. The smallest absolute Gasteiger partial charge is 0.235 e. The van der Waals surface area contributed by atoms with E-state index < -0.39 is 36.3 Å². The van der Waals surface area contributed by atoms with Crippen LogP contribution in [0.3, 0.4) is 0 Å². The Morgan fingerprint density at radius 2 is 1.26 bits per heavy atom. The number of hydrogen-bond donors (Lipinski definition) is 0. The fourth-order valence-electron chi connectivity index (χ4n) is 6.08. The molecule has 0 fully saturated rings. The van der Waals surface area contributed by atoms with Gasteiger partial charge in [-0.2, -0.15) is 0 Å². The fourth-order valence-corrected chi connectivity index (χ4v) is 6.08. The highest BCUT2D eigenvalue weighted by atomic mass is 15.2. The molecule has 0 saturated carbocycles. The van der Waals surface area contributed by atoms with Gasteiger partial charge in [-0.1, -0.05) is 121 Å². The van der Waals surface area contributed by atoms with Crippen LogP contribution in [0.15, 0.2) is 151 Å². The molecule has 3 nitrogen and oxygen atoms in total. The maximum atomic E-state index is 9.17. The third-order valence-electron chi connectivity index (χ3n) is 8.08. The van der Waals surface area contributed by atoms with Crippen LogP contribution >= 0.6 is 0 Å². The van der Waals surface area contributed by atoms with Crippen LogP contribution < -0.4 is 0 Å². The van der Waals surface area contributed by atoms with Crippen LogP contribution in [0.5, 0.6) is 0 Å². The van der Waals surface area contributed by atoms with Crippen molar-refractivity contribution < 1.29 is 9.60 Å². The fraction of sp³-hybridized carbons (Fsp3) is 0. The molecule has 0 aliphatic heterocycles. The van der Waals surface area contributed by atoms with E-state index in [9.17, 15) is 0 Å². The summed E-state index contributed by atoms with van der Waals surface area (Å²) in [7, 11) is 0. The van der Waals surface area contributed by atoms with E-state index in [0.29, 0.717) is 16.9 Å². The normalized spacial score (nSPS) is 14.0. The second-order valence-corrected chi connectivity index (χ2v) is 10.5. The second kappa shape index (κ2) is 9.37. The second-order valence-electron chi connectivity index (χ2n) is 10.5. The van der Waals surface area contributed by atoms with E-state index in [1.807, 2.05) is 83.4 Å². The van der Waals surface area contributed by atoms with Crippen molar-refractivity contribution in [3.8, 4) is 28.3 Å². The maximum Gasteiger partial charge on any atom is 0.235 e. The highest BCUT2D eigenvalue weighted by molar-refractivity contribution is 6.13. The lowest BCUT2D eigenvalue weighted by Gasteiger charge is -2.14. The standard InChI is InChI=1S/C40H25N3/c1-2-11-26(12-3-1)30-21-22-34-36(24-30)41-40(42-39(34)33-19-10-16-27-13-6-7-17-31(27)33)43-37-20-9-8-18-32(37)35-23-28-14-4-5-15-29(28)25-38(35)43/h1-25H/i6D,7D,10D,13D,16D,17D,19D. The van der Waals surface area contributed by atoms with E-state index in [4.69, 9.17) is 19.6 Å². The lowest BCUT2D eigenvalue weighted by molar-refractivity contribution is 1.01. The average Bonchev–Trinajstić information content (AvgIpc) is 3.47. The van der Waals surface area contributed by atoms with Gasteiger partial charge in [-0.05, 0) is 63.0 Å². The monoisotopic (exact) mass is 554 g/mol. The summed E-state index contributed by atoms with van der Waals surface area (Å²) in [5.41, 5.74) is 4.46. The molecular weight excluding hydrogens is 522 g/mol. The molecule has 0 N–H and O–H groups in total. The van der Waals surface area contributed by atoms with Gasteiger partial charge in [0.05, 0.1) is 31.8 Å². The molecule has 3 heteroatoms. The molecule has 0 saturated heterocycles. The SMILES string of the molecule is [2H]c1c([2H])c([2H])c2c(-c3nc(-n4c5ccccc5c5cc6ccccc6cc54)nc4cc(-c5ccccc5)ccc34)c([2H])c([2H])c([2H])c2c1[2H]. The average molecular weight is 555 g/mol. The number of aromatic nitrogens is 3. The van der Waals surface area contributed by atoms with Crippen LogP contribution in [0.4, 0.5) is 0 Å². The highest BCUT2D eigenvalue weighted by Gasteiger charge is 2.19. The summed E-state index contributed by atoms with van der Waals surface area (Å²) in [4.78, 5) is 10.3. The molecule has 0 bridgehead atoms. The first-order valence-corrected chi connectivity index (χ1v) is 14.0. The van der Waals surface area contributed by atoms with Crippen molar-refractivity contribution in [1.29, 1.82) is 0 Å². The van der Waals surface area contributed by atoms with Crippen molar-refractivity contribution in [3.05, 3.63) is 151 Å². The summed E-state index contributed by atoms with van der Waals surface area (Å²) >= 11 is 0. The van der Waals surface area contributed by atoms with Crippen molar-refractivity contribution in [1.82, 2.24) is 14.5 Å². The van der Waals surface area contributed by atoms with Crippen molar-refractivity contribution in [2.75, 3.05) is 0 Å². The largest absolute Gasteiger partial charge is 0.278 e. The predicted octanol–water partition coefficient (Wildman–Crippen LogP) is 10.4. The molecule has 7 aromatic carbocycles. The van der Waals surface area contributed by atoms with Gasteiger partial charge in [-0.25, -0.2) is 9.97 Å². The van der Waals surface area contributed by atoms with E-state index >= 15 is 0 Å². The first-order valence-electron chi connectivity index (χ1n) is 17.5. The minimum absolute atomic E-state index is 0.0201. The van der Waals surface area contributed by atoms with Crippen LogP contribution in [-0.2, 0) is 0 Å². The number of para-hydroxylation sites is 1. The Hall–Kier alpha value is -5.80. The molecule has 2 heterocycles. The molecule has 9 rings (SSSR count). The summed E-state index contributed by atoms with van der Waals surface area (Å²) < 4.78 is 63.1. The third-order valence-corrected chi connectivity index (χ3v) is 8.08. The van der Waals surface area contributed by atoms with Gasteiger partial charge < -0.3 is 0 Å². The van der Waals surface area contributed by atoms with E-state index in [0.717, 1.165) is 43.7 Å². The predicted molar refractivity (Wildman–Crippen MR) is 180 cm³/mol. The van der Waals surface area contributed by atoms with Gasteiger partial charge in [-0.3, -0.25) is 4.57 Å². The van der Waals surface area contributed by atoms with Gasteiger partial charge in [0.1, 0.15) is 0 Å². The molecule has 0 unspecified atom stereocenters. The summed E-state index contributed by atoms with van der Waals surface area (Å²) in [6, 6.07) is 33.0. The van der Waals surface area contributed by atoms with Crippen LogP contribution in [0.2, 0.25) is 0 Å².